The minimum atomic E-state index is -0.167. The van der Waals surface area contributed by atoms with Gasteiger partial charge in [-0.05, 0) is 38.8 Å². The molecule has 1 atom stereocenters. The zero-order valence-corrected chi connectivity index (χ0v) is 14.7. The first-order chi connectivity index (χ1) is 12.6. The maximum atomic E-state index is 6.18. The van der Waals surface area contributed by atoms with Crippen LogP contribution in [-0.2, 0) is 0 Å². The van der Waals surface area contributed by atoms with Crippen molar-refractivity contribution in [1.82, 2.24) is 15.6 Å². The Hall–Kier alpha value is -2.87. The van der Waals surface area contributed by atoms with Crippen LogP contribution in [0, 0.1) is 0 Å². The molecule has 0 amide bonds. The van der Waals surface area contributed by atoms with Gasteiger partial charge in [0.05, 0.1) is 16.7 Å². The van der Waals surface area contributed by atoms with Crippen molar-refractivity contribution in [3.63, 3.8) is 0 Å². The Bertz CT molecular complexity index is 967. The number of fused-ring (bicyclic) bond motifs is 2. The van der Waals surface area contributed by atoms with Gasteiger partial charge in [0.15, 0.2) is 17.6 Å². The lowest BCUT2D eigenvalue weighted by Gasteiger charge is -2.27. The number of benzene rings is 1. The molecule has 0 bridgehead atoms. The zero-order chi connectivity index (χ0) is 17.8. The number of rotatable bonds is 4. The maximum Gasteiger partial charge on any atom is 0.177 e. The third-order valence-electron chi connectivity index (χ3n) is 4.95. The molecule has 3 aliphatic rings. The summed E-state index contributed by atoms with van der Waals surface area (Å²) in [7, 11) is 0. The predicted octanol–water partition coefficient (Wildman–Crippen LogP) is 2.07. The molecule has 1 unspecified atom stereocenters. The Morgan fingerprint density at radius 1 is 1.35 bits per heavy atom. The van der Waals surface area contributed by atoms with E-state index in [9.17, 15) is 0 Å². The molecule has 2 aromatic rings. The van der Waals surface area contributed by atoms with Crippen LogP contribution < -0.4 is 16.5 Å². The summed E-state index contributed by atoms with van der Waals surface area (Å²) in [6.45, 7) is 4.22. The van der Waals surface area contributed by atoms with Crippen molar-refractivity contribution in [3.05, 3.63) is 29.3 Å². The van der Waals surface area contributed by atoms with Gasteiger partial charge in [-0.2, -0.15) is 5.01 Å². The van der Waals surface area contributed by atoms with Crippen LogP contribution in [0.3, 0.4) is 0 Å². The topological polar surface area (TPSA) is 104 Å². The number of hydrogen-bond donors (Lipinski definition) is 3. The Morgan fingerprint density at radius 3 is 2.96 bits per heavy atom. The number of hydrogen-bond acceptors (Lipinski definition) is 8. The van der Waals surface area contributed by atoms with Crippen molar-refractivity contribution in [3.8, 4) is 0 Å². The van der Waals surface area contributed by atoms with Crippen LogP contribution in [-0.4, -0.2) is 40.6 Å². The molecule has 0 saturated heterocycles. The average molecular weight is 351 g/mol. The first kappa shape index (κ1) is 15.4. The standard InChI is InChI=1S/C18H21N7O/c1-9(2)25-18-14(16(19)20-8-21-18)15(23-25)10-3-6-12-13(7-10)26-24-17(12)22-11-4-5-11/h3,6-9,11,18,23H,4-5H2,1-2H3,(H,22,24)(H2,19,20,21). The number of aromatic nitrogens is 1. The second-order valence-electron chi connectivity index (χ2n) is 7.21. The van der Waals surface area contributed by atoms with E-state index in [-0.39, 0.29) is 12.2 Å². The molecule has 1 aromatic heterocycles. The van der Waals surface area contributed by atoms with Gasteiger partial charge in [-0.15, -0.1) is 0 Å². The van der Waals surface area contributed by atoms with E-state index in [0.717, 1.165) is 33.6 Å². The molecule has 2 aliphatic heterocycles. The number of aliphatic imine (C=N–C) groups is 2. The van der Waals surface area contributed by atoms with Gasteiger partial charge in [0.1, 0.15) is 12.2 Å². The minimum absolute atomic E-state index is 0.167. The van der Waals surface area contributed by atoms with E-state index in [1.807, 2.05) is 12.1 Å². The predicted molar refractivity (Wildman–Crippen MR) is 102 cm³/mol. The fourth-order valence-corrected chi connectivity index (χ4v) is 3.40. The number of hydrazine groups is 1. The third kappa shape index (κ3) is 2.37. The highest BCUT2D eigenvalue weighted by atomic mass is 16.5. The summed E-state index contributed by atoms with van der Waals surface area (Å²) in [4.78, 5) is 8.67. The molecule has 3 heterocycles. The summed E-state index contributed by atoms with van der Waals surface area (Å²) < 4.78 is 5.55. The lowest BCUT2D eigenvalue weighted by molar-refractivity contribution is 0.159. The van der Waals surface area contributed by atoms with E-state index in [1.165, 1.54) is 19.2 Å². The highest BCUT2D eigenvalue weighted by molar-refractivity contribution is 6.09. The van der Waals surface area contributed by atoms with Crippen LogP contribution >= 0.6 is 0 Å². The van der Waals surface area contributed by atoms with Gasteiger partial charge in [0, 0.05) is 17.6 Å². The highest BCUT2D eigenvalue weighted by Crippen LogP contribution is 2.34. The van der Waals surface area contributed by atoms with E-state index in [0.29, 0.717) is 11.9 Å². The second kappa shape index (κ2) is 5.57. The molecule has 8 nitrogen and oxygen atoms in total. The average Bonchev–Trinajstić information content (AvgIpc) is 3.21. The molecule has 1 aromatic carbocycles. The van der Waals surface area contributed by atoms with Crippen molar-refractivity contribution in [2.75, 3.05) is 5.32 Å². The first-order valence-corrected chi connectivity index (χ1v) is 8.92. The lowest BCUT2D eigenvalue weighted by Crippen LogP contribution is -2.45. The summed E-state index contributed by atoms with van der Waals surface area (Å²) in [6, 6.07) is 6.86. The number of nitrogens with one attached hydrogen (secondary N) is 2. The summed E-state index contributed by atoms with van der Waals surface area (Å²) >= 11 is 0. The second-order valence-corrected chi connectivity index (χ2v) is 7.21. The van der Waals surface area contributed by atoms with Crippen LogP contribution in [0.15, 0.2) is 38.3 Å². The van der Waals surface area contributed by atoms with E-state index in [2.05, 4.69) is 50.8 Å². The molecule has 5 rings (SSSR count). The van der Waals surface area contributed by atoms with Crippen molar-refractivity contribution in [2.45, 2.75) is 44.9 Å². The quantitative estimate of drug-likeness (QED) is 0.779. The molecule has 1 fully saturated rings. The molecule has 0 spiro atoms. The van der Waals surface area contributed by atoms with Gasteiger partial charge in [-0.25, -0.2) is 9.98 Å². The summed E-state index contributed by atoms with van der Waals surface area (Å²) in [6.07, 6.45) is 3.75. The fraction of sp³-hybridized carbons (Fsp3) is 0.389. The fourth-order valence-electron chi connectivity index (χ4n) is 3.40. The summed E-state index contributed by atoms with van der Waals surface area (Å²) in [5, 5.41) is 10.6. The summed E-state index contributed by atoms with van der Waals surface area (Å²) in [5.74, 6) is 1.31. The van der Waals surface area contributed by atoms with E-state index < -0.39 is 0 Å². The van der Waals surface area contributed by atoms with Crippen molar-refractivity contribution in [1.29, 1.82) is 0 Å². The summed E-state index contributed by atoms with van der Waals surface area (Å²) in [5.41, 5.74) is 13.2. The molecule has 4 N–H and O–H groups in total. The number of anilines is 1. The van der Waals surface area contributed by atoms with Crippen LogP contribution in [0.2, 0.25) is 0 Å². The lowest BCUT2D eigenvalue weighted by atomic mass is 10.0. The number of nitrogens with zero attached hydrogens (tertiary/aromatic N) is 4. The Balaban J connectivity index is 1.56. The van der Waals surface area contributed by atoms with Crippen LogP contribution in [0.5, 0.6) is 0 Å². The molecular formula is C18H21N7O. The monoisotopic (exact) mass is 351 g/mol. The third-order valence-corrected chi connectivity index (χ3v) is 4.95. The minimum Gasteiger partial charge on any atom is -0.383 e. The molecule has 0 radical (unpaired) electrons. The Kier molecular flexibility index (Phi) is 3.30. The highest BCUT2D eigenvalue weighted by Gasteiger charge is 2.37. The first-order valence-electron chi connectivity index (χ1n) is 8.92. The Labute approximate surface area is 150 Å². The van der Waals surface area contributed by atoms with Gasteiger partial charge < -0.3 is 21.0 Å². The van der Waals surface area contributed by atoms with Gasteiger partial charge >= 0.3 is 0 Å². The van der Waals surface area contributed by atoms with Crippen molar-refractivity contribution >= 4 is 34.7 Å². The van der Waals surface area contributed by atoms with Crippen LogP contribution in [0.1, 0.15) is 32.3 Å². The van der Waals surface area contributed by atoms with Crippen molar-refractivity contribution < 1.29 is 4.52 Å². The molecule has 8 heteroatoms. The smallest absolute Gasteiger partial charge is 0.177 e. The van der Waals surface area contributed by atoms with Crippen LogP contribution in [0.4, 0.5) is 5.82 Å². The molecule has 134 valence electrons. The van der Waals surface area contributed by atoms with Crippen LogP contribution in [0.25, 0.3) is 16.7 Å². The SMILES string of the molecule is CC(C)N1NC(c2ccc3c(NC4CC4)noc3c2)=C2C(N)=NC=NC21. The van der Waals surface area contributed by atoms with E-state index in [1.54, 1.807) is 0 Å². The van der Waals surface area contributed by atoms with Gasteiger partial charge in [0.25, 0.3) is 0 Å². The van der Waals surface area contributed by atoms with Gasteiger partial charge in [-0.1, -0.05) is 11.2 Å². The zero-order valence-electron chi connectivity index (χ0n) is 14.7. The van der Waals surface area contributed by atoms with Gasteiger partial charge in [-0.3, -0.25) is 0 Å². The molecule has 1 saturated carbocycles. The molecular weight excluding hydrogens is 330 g/mol. The Morgan fingerprint density at radius 2 is 2.19 bits per heavy atom. The normalized spacial score (nSPS) is 22.7. The molecule has 1 aliphatic carbocycles. The maximum absolute atomic E-state index is 6.18. The number of amidine groups is 1. The molecule has 26 heavy (non-hydrogen) atoms. The van der Waals surface area contributed by atoms with Gasteiger partial charge in [0.2, 0.25) is 0 Å². The number of nitrogens with two attached hydrogens (primary N) is 1. The van der Waals surface area contributed by atoms with E-state index in [4.69, 9.17) is 10.3 Å². The van der Waals surface area contributed by atoms with E-state index >= 15 is 0 Å². The largest absolute Gasteiger partial charge is 0.383 e. The van der Waals surface area contributed by atoms with Crippen molar-refractivity contribution in [2.24, 2.45) is 15.7 Å².